The first-order valence-electron chi connectivity index (χ1n) is 4.28. The monoisotopic (exact) mass is 232 g/mol. The average Bonchev–Trinajstić information content (AvgIpc) is 2.17. The fourth-order valence-corrected chi connectivity index (χ4v) is 2.14. The summed E-state index contributed by atoms with van der Waals surface area (Å²) in [5, 5.41) is 10.1. The van der Waals surface area contributed by atoms with Crippen molar-refractivity contribution in [2.24, 2.45) is 0 Å². The summed E-state index contributed by atoms with van der Waals surface area (Å²) in [5.41, 5.74) is 0. The molecule has 0 saturated carbocycles. The van der Waals surface area contributed by atoms with Crippen molar-refractivity contribution >= 4 is 23.4 Å². The van der Waals surface area contributed by atoms with E-state index in [0.29, 0.717) is 12.4 Å². The third-order valence-electron chi connectivity index (χ3n) is 1.63. The van der Waals surface area contributed by atoms with Crippen LogP contribution in [0, 0.1) is 0 Å². The molecular formula is C10H13ClO2S. The van der Waals surface area contributed by atoms with Crippen molar-refractivity contribution in [1.82, 2.24) is 0 Å². The average molecular weight is 233 g/mol. The zero-order chi connectivity index (χ0) is 10.4. The van der Waals surface area contributed by atoms with E-state index in [2.05, 4.69) is 0 Å². The van der Waals surface area contributed by atoms with Gasteiger partial charge in [0, 0.05) is 17.8 Å². The van der Waals surface area contributed by atoms with Gasteiger partial charge in [-0.1, -0.05) is 23.7 Å². The lowest BCUT2D eigenvalue weighted by molar-refractivity contribution is 0.0794. The lowest BCUT2D eigenvalue weighted by atomic mass is 10.4. The first-order valence-corrected chi connectivity index (χ1v) is 5.64. The number of aliphatic hydroxyl groups excluding tert-OH is 1. The number of halogens is 1. The van der Waals surface area contributed by atoms with Crippen LogP contribution in [0.2, 0.25) is 5.02 Å². The number of hydrogen-bond donors (Lipinski definition) is 1. The Bertz CT molecular complexity index is 281. The quantitative estimate of drug-likeness (QED) is 0.791. The fourth-order valence-electron chi connectivity index (χ4n) is 0.988. The van der Waals surface area contributed by atoms with Crippen molar-refractivity contribution in [2.75, 3.05) is 19.5 Å². The van der Waals surface area contributed by atoms with Gasteiger partial charge in [0.05, 0.1) is 17.7 Å². The van der Waals surface area contributed by atoms with E-state index in [1.54, 1.807) is 7.11 Å². The van der Waals surface area contributed by atoms with E-state index in [1.165, 1.54) is 11.8 Å². The normalized spacial score (nSPS) is 12.8. The maximum atomic E-state index is 9.41. The maximum Gasteiger partial charge on any atom is 0.0867 e. The van der Waals surface area contributed by atoms with E-state index in [9.17, 15) is 5.11 Å². The Morgan fingerprint density at radius 2 is 2.21 bits per heavy atom. The minimum atomic E-state index is -0.443. The second-order valence-electron chi connectivity index (χ2n) is 2.85. The molecule has 0 amide bonds. The van der Waals surface area contributed by atoms with Gasteiger partial charge in [-0.05, 0) is 12.1 Å². The molecule has 0 heterocycles. The van der Waals surface area contributed by atoms with Crippen molar-refractivity contribution in [3.63, 3.8) is 0 Å². The molecule has 0 aromatic heterocycles. The zero-order valence-corrected chi connectivity index (χ0v) is 9.52. The predicted octanol–water partition coefficient (Wildman–Crippen LogP) is 2.44. The van der Waals surface area contributed by atoms with Crippen LogP contribution >= 0.6 is 23.4 Å². The van der Waals surface area contributed by atoms with Crippen LogP contribution in [0.15, 0.2) is 29.2 Å². The van der Waals surface area contributed by atoms with E-state index in [0.717, 1.165) is 9.92 Å². The molecule has 1 aromatic carbocycles. The van der Waals surface area contributed by atoms with Crippen LogP contribution in [0.5, 0.6) is 0 Å². The lowest BCUT2D eigenvalue weighted by Crippen LogP contribution is -2.16. The molecule has 0 aliphatic carbocycles. The van der Waals surface area contributed by atoms with E-state index in [-0.39, 0.29) is 0 Å². The minimum Gasteiger partial charge on any atom is -0.390 e. The summed E-state index contributed by atoms with van der Waals surface area (Å²) < 4.78 is 4.83. The SMILES string of the molecule is COCC(O)CSc1ccccc1Cl. The Hall–Kier alpha value is -0.220. The minimum absolute atomic E-state index is 0.359. The van der Waals surface area contributed by atoms with Crippen molar-refractivity contribution in [3.8, 4) is 0 Å². The number of ether oxygens (including phenoxy) is 1. The van der Waals surface area contributed by atoms with Gasteiger partial charge in [0.2, 0.25) is 0 Å². The summed E-state index contributed by atoms with van der Waals surface area (Å²) in [6.45, 7) is 0.359. The number of aliphatic hydroxyl groups is 1. The molecular weight excluding hydrogens is 220 g/mol. The van der Waals surface area contributed by atoms with Gasteiger partial charge in [-0.25, -0.2) is 0 Å². The molecule has 1 aromatic rings. The zero-order valence-electron chi connectivity index (χ0n) is 7.94. The third-order valence-corrected chi connectivity index (χ3v) is 3.29. The first kappa shape index (κ1) is 11.9. The largest absolute Gasteiger partial charge is 0.390 e. The van der Waals surface area contributed by atoms with Crippen molar-refractivity contribution < 1.29 is 9.84 Å². The lowest BCUT2D eigenvalue weighted by Gasteiger charge is -2.09. The van der Waals surface area contributed by atoms with Gasteiger partial charge in [-0.2, -0.15) is 0 Å². The molecule has 0 radical (unpaired) electrons. The van der Waals surface area contributed by atoms with Gasteiger partial charge in [-0.3, -0.25) is 0 Å². The summed E-state index contributed by atoms with van der Waals surface area (Å²) in [6, 6.07) is 7.59. The van der Waals surface area contributed by atoms with Crippen molar-refractivity contribution in [1.29, 1.82) is 0 Å². The highest BCUT2D eigenvalue weighted by Crippen LogP contribution is 2.26. The fraction of sp³-hybridized carbons (Fsp3) is 0.400. The number of thioether (sulfide) groups is 1. The molecule has 4 heteroatoms. The highest BCUT2D eigenvalue weighted by atomic mass is 35.5. The van der Waals surface area contributed by atoms with Crippen LogP contribution in [0.25, 0.3) is 0 Å². The van der Waals surface area contributed by atoms with Gasteiger partial charge in [-0.15, -0.1) is 11.8 Å². The summed E-state index contributed by atoms with van der Waals surface area (Å²) in [7, 11) is 1.57. The number of benzene rings is 1. The molecule has 1 N–H and O–H groups in total. The second kappa shape index (κ2) is 6.30. The molecule has 0 aliphatic rings. The van der Waals surface area contributed by atoms with Crippen LogP contribution in [-0.2, 0) is 4.74 Å². The molecule has 1 rings (SSSR count). The Morgan fingerprint density at radius 1 is 1.50 bits per heavy atom. The number of rotatable bonds is 5. The molecule has 0 spiro atoms. The predicted molar refractivity (Wildman–Crippen MR) is 60.1 cm³/mol. The molecule has 78 valence electrons. The van der Waals surface area contributed by atoms with Crippen LogP contribution in [0.3, 0.4) is 0 Å². The van der Waals surface area contributed by atoms with E-state index < -0.39 is 6.10 Å². The molecule has 14 heavy (non-hydrogen) atoms. The van der Waals surface area contributed by atoms with Crippen LogP contribution < -0.4 is 0 Å². The topological polar surface area (TPSA) is 29.5 Å². The Balaban J connectivity index is 2.41. The van der Waals surface area contributed by atoms with E-state index >= 15 is 0 Å². The summed E-state index contributed by atoms with van der Waals surface area (Å²) in [5.74, 6) is 0.595. The Morgan fingerprint density at radius 3 is 2.86 bits per heavy atom. The smallest absolute Gasteiger partial charge is 0.0867 e. The summed E-state index contributed by atoms with van der Waals surface area (Å²) >= 11 is 7.48. The van der Waals surface area contributed by atoms with Crippen molar-refractivity contribution in [3.05, 3.63) is 29.3 Å². The van der Waals surface area contributed by atoms with Gasteiger partial charge >= 0.3 is 0 Å². The summed E-state index contributed by atoms with van der Waals surface area (Å²) in [4.78, 5) is 0.990. The van der Waals surface area contributed by atoms with Gasteiger partial charge in [0.15, 0.2) is 0 Å². The first-order chi connectivity index (χ1) is 6.74. The molecule has 0 bridgehead atoms. The van der Waals surface area contributed by atoms with Gasteiger partial charge < -0.3 is 9.84 Å². The van der Waals surface area contributed by atoms with Gasteiger partial charge in [0.25, 0.3) is 0 Å². The third kappa shape index (κ3) is 3.88. The molecule has 1 atom stereocenters. The van der Waals surface area contributed by atoms with Crippen LogP contribution in [0.4, 0.5) is 0 Å². The van der Waals surface area contributed by atoms with Crippen LogP contribution in [-0.4, -0.2) is 30.7 Å². The molecule has 0 fully saturated rings. The molecule has 0 aliphatic heterocycles. The Kier molecular flexibility index (Phi) is 5.33. The van der Waals surface area contributed by atoms with Crippen molar-refractivity contribution in [2.45, 2.75) is 11.0 Å². The maximum absolute atomic E-state index is 9.41. The molecule has 0 saturated heterocycles. The van der Waals surface area contributed by atoms with E-state index in [4.69, 9.17) is 16.3 Å². The van der Waals surface area contributed by atoms with Crippen LogP contribution in [0.1, 0.15) is 0 Å². The van der Waals surface area contributed by atoms with E-state index in [1.807, 2.05) is 24.3 Å². The number of hydrogen-bond acceptors (Lipinski definition) is 3. The number of methoxy groups -OCH3 is 1. The highest BCUT2D eigenvalue weighted by molar-refractivity contribution is 7.99. The molecule has 2 nitrogen and oxygen atoms in total. The summed E-state index contributed by atoms with van der Waals surface area (Å²) in [6.07, 6.45) is -0.443. The standard InChI is InChI=1S/C10H13ClO2S/c1-13-6-8(12)7-14-10-5-3-2-4-9(10)11/h2-5,8,12H,6-7H2,1H3. The van der Waals surface area contributed by atoms with Gasteiger partial charge in [0.1, 0.15) is 0 Å². The Labute approximate surface area is 93.2 Å². The second-order valence-corrected chi connectivity index (χ2v) is 4.32. The molecule has 1 unspecified atom stereocenters. The highest BCUT2D eigenvalue weighted by Gasteiger charge is 2.05.